The predicted octanol–water partition coefficient (Wildman–Crippen LogP) is 18.8. The maximum Gasteiger partial charge on any atom is 0.159 e. The normalized spacial score (nSPS) is 11.9. The minimum absolute atomic E-state index is 0.872. The Labute approximate surface area is 389 Å². The van der Waals surface area contributed by atoms with Gasteiger partial charge >= 0.3 is 0 Å². The third-order valence-electron chi connectivity index (χ3n) is 13.4. The van der Waals surface area contributed by atoms with E-state index in [2.05, 4.69) is 216 Å². The monoisotopic (exact) mass is 874 g/mol. The van der Waals surface area contributed by atoms with Crippen molar-refractivity contribution in [1.29, 1.82) is 0 Å². The number of furan rings is 2. The van der Waals surface area contributed by atoms with Crippen molar-refractivity contribution in [2.75, 3.05) is 9.80 Å². The first kappa shape index (κ1) is 37.7. The molecule has 0 atom stereocenters. The molecule has 0 fully saturated rings. The maximum atomic E-state index is 6.56. The number of benzene rings is 11. The molecule has 3 heterocycles. The summed E-state index contributed by atoms with van der Waals surface area (Å²) in [7, 11) is 0. The number of anilines is 6. The molecule has 314 valence electrons. The molecule has 0 N–H and O–H groups in total. The van der Waals surface area contributed by atoms with Gasteiger partial charge < -0.3 is 18.6 Å². The zero-order chi connectivity index (χ0) is 44.0. The van der Waals surface area contributed by atoms with Crippen molar-refractivity contribution in [2.24, 2.45) is 0 Å². The summed E-state index contributed by atoms with van der Waals surface area (Å²) in [6, 6.07) is 82.6. The van der Waals surface area contributed by atoms with Crippen LogP contribution in [0.2, 0.25) is 0 Å². The van der Waals surface area contributed by atoms with Crippen LogP contribution in [-0.2, 0) is 0 Å². The fraction of sp³-hybridized carbons (Fsp3) is 0. The van der Waals surface area contributed by atoms with Crippen molar-refractivity contribution in [3.05, 3.63) is 231 Å². The zero-order valence-corrected chi connectivity index (χ0v) is 36.9. The number of fused-ring (bicyclic) bond motifs is 14. The highest BCUT2D eigenvalue weighted by Gasteiger charge is 2.22. The molecule has 0 aliphatic carbocycles. The molecule has 3 aromatic heterocycles. The highest BCUT2D eigenvalue weighted by molar-refractivity contribution is 7.27. The topological polar surface area (TPSA) is 32.8 Å². The average molecular weight is 875 g/mol. The van der Waals surface area contributed by atoms with Gasteiger partial charge in [0.05, 0.1) is 5.69 Å². The van der Waals surface area contributed by atoms with Gasteiger partial charge in [0.15, 0.2) is 5.58 Å². The SMILES string of the molecule is c1ccc(N(c2ccc3c(c2)sc2c4ccc(-c5ccc(N(c6ccccc6)c6cccc7c6oc6ccccc67)cc5)cc4c4ccccc4c32)c2ccc3oc4ccccc4c3c2)cc1. The van der Waals surface area contributed by atoms with Crippen LogP contribution >= 0.6 is 11.3 Å². The highest BCUT2D eigenvalue weighted by atomic mass is 32.1. The van der Waals surface area contributed by atoms with E-state index < -0.39 is 0 Å². The summed E-state index contributed by atoms with van der Waals surface area (Å²) in [5.74, 6) is 0. The lowest BCUT2D eigenvalue weighted by molar-refractivity contribution is 0.668. The van der Waals surface area contributed by atoms with E-state index in [9.17, 15) is 0 Å². The third-order valence-corrected chi connectivity index (χ3v) is 14.6. The van der Waals surface area contributed by atoms with E-state index in [1.54, 1.807) is 0 Å². The molecule has 4 nitrogen and oxygen atoms in total. The second-order valence-electron chi connectivity index (χ2n) is 17.2. The number of hydrogen-bond acceptors (Lipinski definition) is 5. The lowest BCUT2D eigenvalue weighted by Gasteiger charge is -2.25. The first-order valence-electron chi connectivity index (χ1n) is 22.6. The van der Waals surface area contributed by atoms with E-state index in [0.29, 0.717) is 0 Å². The summed E-state index contributed by atoms with van der Waals surface area (Å²) < 4.78 is 15.3. The van der Waals surface area contributed by atoms with Crippen LogP contribution in [0.3, 0.4) is 0 Å². The van der Waals surface area contributed by atoms with E-state index >= 15 is 0 Å². The van der Waals surface area contributed by atoms with Gasteiger partial charge in [0.25, 0.3) is 0 Å². The molecule has 0 bridgehead atoms. The quantitative estimate of drug-likeness (QED) is 0.149. The van der Waals surface area contributed by atoms with Crippen LogP contribution in [0.1, 0.15) is 0 Å². The maximum absolute atomic E-state index is 6.56. The fourth-order valence-corrected chi connectivity index (χ4v) is 11.6. The van der Waals surface area contributed by atoms with Crippen molar-refractivity contribution in [2.45, 2.75) is 0 Å². The van der Waals surface area contributed by atoms with Crippen LogP contribution in [0.4, 0.5) is 34.1 Å². The molecule has 0 unspecified atom stereocenters. The standard InChI is InChI=1S/C62H38N2O2S/c1-3-14-41(15-4-1)63(44-32-35-58-54(37-44)48-20-10-11-24-56(48)65-58)45-31-34-52-59(38-45)67-62-51-33-28-40(36-53(51)46-18-7-8-21-49(46)60(52)62)39-26-29-43(30-27-39)64(42-16-5-2-6-17-42)55-23-13-22-50-47-19-9-12-25-57(47)66-61(50)55/h1-38H. The summed E-state index contributed by atoms with van der Waals surface area (Å²) in [5, 5.41) is 12.1. The first-order valence-corrected chi connectivity index (χ1v) is 23.5. The molecule has 0 spiro atoms. The Morgan fingerprint density at radius 3 is 1.63 bits per heavy atom. The zero-order valence-electron chi connectivity index (χ0n) is 36.1. The number of thiophene rings is 1. The smallest absolute Gasteiger partial charge is 0.159 e. The molecule has 0 amide bonds. The highest BCUT2D eigenvalue weighted by Crippen LogP contribution is 2.48. The Balaban J connectivity index is 0.882. The molecule has 67 heavy (non-hydrogen) atoms. The van der Waals surface area contributed by atoms with Crippen molar-refractivity contribution < 1.29 is 8.83 Å². The lowest BCUT2D eigenvalue weighted by atomic mass is 9.94. The van der Waals surface area contributed by atoms with Crippen LogP contribution in [0, 0.1) is 0 Å². The third kappa shape index (κ3) is 5.99. The molecule has 14 aromatic rings. The molecule has 0 saturated carbocycles. The van der Waals surface area contributed by atoms with E-state index in [0.717, 1.165) is 83.6 Å². The van der Waals surface area contributed by atoms with Crippen LogP contribution in [-0.4, -0.2) is 0 Å². The number of para-hydroxylation sites is 5. The van der Waals surface area contributed by atoms with Gasteiger partial charge in [-0.25, -0.2) is 0 Å². The van der Waals surface area contributed by atoms with Gasteiger partial charge in [-0.15, -0.1) is 11.3 Å². The average Bonchev–Trinajstić information content (AvgIpc) is 4.09. The summed E-state index contributed by atoms with van der Waals surface area (Å²) in [6.07, 6.45) is 0. The van der Waals surface area contributed by atoms with Crippen LogP contribution in [0.5, 0.6) is 0 Å². The fourth-order valence-electron chi connectivity index (χ4n) is 10.4. The van der Waals surface area contributed by atoms with E-state index in [1.165, 1.54) is 47.3 Å². The number of rotatable bonds is 7. The second-order valence-corrected chi connectivity index (χ2v) is 18.3. The molecular formula is C62H38N2O2S. The van der Waals surface area contributed by atoms with Gasteiger partial charge in [-0.3, -0.25) is 0 Å². The van der Waals surface area contributed by atoms with Crippen molar-refractivity contribution in [3.8, 4) is 11.1 Å². The summed E-state index contributed by atoms with van der Waals surface area (Å²) in [5.41, 5.74) is 12.3. The van der Waals surface area contributed by atoms with Gasteiger partial charge in [0.2, 0.25) is 0 Å². The minimum Gasteiger partial charge on any atom is -0.456 e. The van der Waals surface area contributed by atoms with E-state index in [-0.39, 0.29) is 0 Å². The largest absolute Gasteiger partial charge is 0.456 e. The number of nitrogens with zero attached hydrogens (tertiary/aromatic N) is 2. The summed E-state index contributed by atoms with van der Waals surface area (Å²) >= 11 is 1.88. The molecule has 0 radical (unpaired) electrons. The molecule has 0 aliphatic rings. The Bertz CT molecular complexity index is 4230. The molecule has 11 aromatic carbocycles. The van der Waals surface area contributed by atoms with Crippen molar-refractivity contribution in [3.63, 3.8) is 0 Å². The molecule has 14 rings (SSSR count). The Hall–Kier alpha value is -8.64. The van der Waals surface area contributed by atoms with E-state index in [1.807, 2.05) is 35.6 Å². The number of hydrogen-bond donors (Lipinski definition) is 0. The van der Waals surface area contributed by atoms with Gasteiger partial charge in [-0.05, 0) is 118 Å². The van der Waals surface area contributed by atoms with Crippen molar-refractivity contribution >= 4 is 131 Å². The van der Waals surface area contributed by atoms with Crippen LogP contribution < -0.4 is 9.80 Å². The Morgan fingerprint density at radius 2 is 0.851 bits per heavy atom. The summed E-state index contributed by atoms with van der Waals surface area (Å²) in [4.78, 5) is 4.65. The molecule has 5 heteroatoms. The Morgan fingerprint density at radius 1 is 0.299 bits per heavy atom. The summed E-state index contributed by atoms with van der Waals surface area (Å²) in [6.45, 7) is 0. The predicted molar refractivity (Wildman–Crippen MR) is 284 cm³/mol. The van der Waals surface area contributed by atoms with Crippen LogP contribution in [0.25, 0.3) is 96.7 Å². The first-order chi connectivity index (χ1) is 33.2. The lowest BCUT2D eigenvalue weighted by Crippen LogP contribution is -2.10. The van der Waals surface area contributed by atoms with Crippen LogP contribution in [0.15, 0.2) is 239 Å². The van der Waals surface area contributed by atoms with Gasteiger partial charge in [0.1, 0.15) is 16.7 Å². The van der Waals surface area contributed by atoms with E-state index in [4.69, 9.17) is 8.83 Å². The molecule has 0 saturated heterocycles. The molecular weight excluding hydrogens is 837 g/mol. The van der Waals surface area contributed by atoms with Crippen molar-refractivity contribution in [1.82, 2.24) is 0 Å². The minimum atomic E-state index is 0.872. The Kier molecular flexibility index (Phi) is 8.42. The van der Waals surface area contributed by atoms with Gasteiger partial charge in [0, 0.05) is 75.5 Å². The molecule has 0 aliphatic heterocycles. The van der Waals surface area contributed by atoms with Gasteiger partial charge in [-0.2, -0.15) is 0 Å². The van der Waals surface area contributed by atoms with Gasteiger partial charge in [-0.1, -0.05) is 140 Å². The second kappa shape index (κ2) is 15.0.